The molecule has 0 N–H and O–H groups in total. The van der Waals surface area contributed by atoms with E-state index in [0.717, 1.165) is 31.7 Å². The highest BCUT2D eigenvalue weighted by molar-refractivity contribution is 5.36. The first-order chi connectivity index (χ1) is 16.0. The summed E-state index contributed by atoms with van der Waals surface area (Å²) in [7, 11) is 3.44. The molecule has 5 atom stereocenters. The molecular formula is C28H44N2O3. The average Bonchev–Trinajstić information content (AvgIpc) is 3.63. The number of likely N-dealkylation sites (tertiary alicyclic amines) is 1. The number of methoxy groups -OCH3 is 2. The number of hydrogen-bond acceptors (Lipinski definition) is 5. The molecule has 4 unspecified atom stereocenters. The van der Waals surface area contributed by atoms with Crippen LogP contribution in [0.15, 0.2) is 35.3 Å². The van der Waals surface area contributed by atoms with Gasteiger partial charge in [0.05, 0.1) is 19.8 Å². The van der Waals surface area contributed by atoms with E-state index in [4.69, 9.17) is 14.2 Å². The summed E-state index contributed by atoms with van der Waals surface area (Å²) in [4.78, 5) is 2.70. The number of ether oxygens (including phenoxy) is 3. The molecule has 0 radical (unpaired) electrons. The van der Waals surface area contributed by atoms with Crippen molar-refractivity contribution in [3.63, 3.8) is 0 Å². The number of hydrogen-bond donors (Lipinski definition) is 0. The predicted octanol–water partition coefficient (Wildman–Crippen LogP) is 5.85. The monoisotopic (exact) mass is 456 g/mol. The Kier molecular flexibility index (Phi) is 9.07. The topological polar surface area (TPSA) is 54.7 Å². The molecule has 0 aromatic rings. The number of piperidine rings is 1. The fourth-order valence-corrected chi connectivity index (χ4v) is 6.51. The molecule has 2 aliphatic heterocycles. The van der Waals surface area contributed by atoms with E-state index in [2.05, 4.69) is 44.7 Å². The van der Waals surface area contributed by atoms with Crippen LogP contribution in [0.25, 0.3) is 0 Å². The van der Waals surface area contributed by atoms with Gasteiger partial charge >= 0.3 is 0 Å². The highest BCUT2D eigenvalue weighted by Crippen LogP contribution is 2.55. The molecule has 0 aromatic carbocycles. The Morgan fingerprint density at radius 1 is 1.27 bits per heavy atom. The van der Waals surface area contributed by atoms with Gasteiger partial charge in [-0.1, -0.05) is 31.9 Å². The smallest absolute Gasteiger partial charge is 0.153 e. The molecule has 2 heterocycles. The van der Waals surface area contributed by atoms with E-state index < -0.39 is 0 Å². The van der Waals surface area contributed by atoms with Crippen molar-refractivity contribution in [3.05, 3.63) is 35.3 Å². The minimum absolute atomic E-state index is 0.141. The van der Waals surface area contributed by atoms with Gasteiger partial charge in [-0.15, -0.1) is 0 Å². The number of rotatable bonds is 9. The molecule has 0 aromatic heterocycles. The second-order valence-corrected chi connectivity index (χ2v) is 10.2. The molecule has 1 aliphatic carbocycles. The first-order valence-corrected chi connectivity index (χ1v) is 12.8. The lowest BCUT2D eigenvalue weighted by Gasteiger charge is -2.57. The van der Waals surface area contributed by atoms with Gasteiger partial charge in [-0.25, -0.2) is 0 Å². The molecule has 1 saturated heterocycles. The fraction of sp³-hybridized carbons (Fsp3) is 0.750. The molecule has 33 heavy (non-hydrogen) atoms. The van der Waals surface area contributed by atoms with Gasteiger partial charge in [0.2, 0.25) is 0 Å². The zero-order valence-corrected chi connectivity index (χ0v) is 21.6. The largest absolute Gasteiger partial charge is 0.494 e. The molecule has 5 heteroatoms. The van der Waals surface area contributed by atoms with Gasteiger partial charge in [0.1, 0.15) is 12.4 Å². The summed E-state index contributed by atoms with van der Waals surface area (Å²) in [6, 6.07) is 2.90. The fourth-order valence-electron chi connectivity index (χ4n) is 6.51. The third-order valence-corrected chi connectivity index (χ3v) is 8.56. The first kappa shape index (κ1) is 25.8. The van der Waals surface area contributed by atoms with Crippen LogP contribution in [0.2, 0.25) is 0 Å². The van der Waals surface area contributed by atoms with Crippen molar-refractivity contribution >= 4 is 0 Å². The number of allylic oxidation sites excluding steroid dienone is 3. The quantitative estimate of drug-likeness (QED) is 0.436. The molecule has 0 bridgehead atoms. The van der Waals surface area contributed by atoms with Crippen LogP contribution in [0, 0.1) is 34.5 Å². The molecule has 2 fully saturated rings. The minimum Gasteiger partial charge on any atom is -0.494 e. The van der Waals surface area contributed by atoms with E-state index in [1.54, 1.807) is 20.5 Å². The number of nitriles is 1. The summed E-state index contributed by atoms with van der Waals surface area (Å²) in [6.45, 7) is 11.9. The van der Waals surface area contributed by atoms with Crippen LogP contribution in [-0.4, -0.2) is 51.0 Å². The van der Waals surface area contributed by atoms with Crippen molar-refractivity contribution in [1.82, 2.24) is 4.90 Å². The van der Waals surface area contributed by atoms with Crippen molar-refractivity contribution < 1.29 is 14.2 Å². The van der Waals surface area contributed by atoms with Gasteiger partial charge in [0.15, 0.2) is 5.76 Å². The van der Waals surface area contributed by atoms with E-state index in [1.807, 2.05) is 6.08 Å². The minimum atomic E-state index is -0.206. The maximum Gasteiger partial charge on any atom is 0.153 e. The van der Waals surface area contributed by atoms with Crippen LogP contribution in [-0.2, 0) is 14.2 Å². The molecule has 184 valence electrons. The molecule has 3 aliphatic rings. The van der Waals surface area contributed by atoms with E-state index >= 15 is 0 Å². The van der Waals surface area contributed by atoms with Crippen molar-refractivity contribution in [1.29, 1.82) is 5.26 Å². The molecule has 3 rings (SSSR count). The van der Waals surface area contributed by atoms with E-state index in [1.165, 1.54) is 30.5 Å². The summed E-state index contributed by atoms with van der Waals surface area (Å²) < 4.78 is 17.9. The Morgan fingerprint density at radius 3 is 2.61 bits per heavy atom. The highest BCUT2D eigenvalue weighted by Gasteiger charge is 2.56. The third kappa shape index (κ3) is 5.33. The summed E-state index contributed by atoms with van der Waals surface area (Å²) >= 11 is 0. The maximum absolute atomic E-state index is 9.77. The molecule has 1 spiro atoms. The second kappa shape index (κ2) is 11.6. The summed E-state index contributed by atoms with van der Waals surface area (Å²) in [5.74, 6) is 2.18. The van der Waals surface area contributed by atoms with Crippen molar-refractivity contribution in [2.24, 2.45) is 23.2 Å². The summed E-state index contributed by atoms with van der Waals surface area (Å²) in [5.41, 5.74) is 2.53. The van der Waals surface area contributed by atoms with Gasteiger partial charge in [0.25, 0.3) is 0 Å². The van der Waals surface area contributed by atoms with Crippen LogP contribution in [0.3, 0.4) is 0 Å². The van der Waals surface area contributed by atoms with Crippen molar-refractivity contribution in [2.45, 2.75) is 78.4 Å². The Labute approximate surface area is 201 Å². The van der Waals surface area contributed by atoms with Gasteiger partial charge in [-0.3, -0.25) is 0 Å². The van der Waals surface area contributed by atoms with E-state index in [-0.39, 0.29) is 11.5 Å². The third-order valence-electron chi connectivity index (χ3n) is 8.56. The molecule has 0 amide bonds. The lowest BCUT2D eigenvalue weighted by molar-refractivity contribution is -0.116. The Hall–Kier alpha value is -1.77. The van der Waals surface area contributed by atoms with Gasteiger partial charge in [0, 0.05) is 31.5 Å². The zero-order chi connectivity index (χ0) is 24.0. The average molecular weight is 457 g/mol. The zero-order valence-electron chi connectivity index (χ0n) is 21.6. The first-order valence-electron chi connectivity index (χ1n) is 12.8. The summed E-state index contributed by atoms with van der Waals surface area (Å²) in [6.07, 6.45) is 12.1. The Bertz CT molecular complexity index is 791. The van der Waals surface area contributed by atoms with Crippen LogP contribution in [0.4, 0.5) is 0 Å². The normalized spacial score (nSPS) is 34.9. The van der Waals surface area contributed by atoms with Gasteiger partial charge in [-0.2, -0.15) is 5.26 Å². The van der Waals surface area contributed by atoms with Crippen LogP contribution >= 0.6 is 0 Å². The van der Waals surface area contributed by atoms with Crippen molar-refractivity contribution in [2.75, 3.05) is 33.9 Å². The van der Waals surface area contributed by atoms with Crippen LogP contribution in [0.5, 0.6) is 0 Å². The molecule has 5 nitrogen and oxygen atoms in total. The van der Waals surface area contributed by atoms with E-state index in [9.17, 15) is 5.26 Å². The van der Waals surface area contributed by atoms with Crippen LogP contribution in [0.1, 0.15) is 66.2 Å². The highest BCUT2D eigenvalue weighted by atomic mass is 16.5. The SMILES string of the molecule is CCC1=C(/C)C2(CCN(CC3CC3)C(C)C2C(CC)CC#N)[C@H](COC)OC=C(OC)/C=C\1. The van der Waals surface area contributed by atoms with E-state index in [0.29, 0.717) is 36.7 Å². The van der Waals surface area contributed by atoms with Crippen molar-refractivity contribution in [3.8, 4) is 6.07 Å². The molecule has 1 saturated carbocycles. The number of nitrogens with zero attached hydrogens (tertiary/aromatic N) is 2. The summed E-state index contributed by atoms with van der Waals surface area (Å²) in [5, 5.41) is 9.77. The lowest BCUT2D eigenvalue weighted by Crippen LogP contribution is -2.61. The molecular weight excluding hydrogens is 412 g/mol. The Morgan fingerprint density at radius 2 is 2.03 bits per heavy atom. The van der Waals surface area contributed by atoms with Gasteiger partial charge < -0.3 is 19.1 Å². The maximum atomic E-state index is 9.77. The standard InChI is InChI=1S/C28H44N2O3/c1-7-23-11-12-25(32-6)18-33-26(19-31-5)28(20(23)3)14-16-30(17-22-9-10-22)21(4)27(28)24(8-2)13-15-29/h11-12,18,21-22,24,26-27H,7-10,13-14,16-17,19H2,1-6H3/b12-11-,23-20+,25-18?/t21?,24?,26-,27?,28?/m0/s1. The van der Waals surface area contributed by atoms with Crippen LogP contribution < -0.4 is 0 Å². The Balaban J connectivity index is 2.19. The predicted molar refractivity (Wildman–Crippen MR) is 132 cm³/mol. The van der Waals surface area contributed by atoms with Gasteiger partial charge in [-0.05, 0) is 75.5 Å². The lowest BCUT2D eigenvalue weighted by atomic mass is 9.54. The second-order valence-electron chi connectivity index (χ2n) is 10.2.